The van der Waals surface area contributed by atoms with Crippen LogP contribution < -0.4 is 10.1 Å². The normalized spacial score (nSPS) is 10.4. The molecule has 0 radical (unpaired) electrons. The van der Waals surface area contributed by atoms with Gasteiger partial charge in [-0.05, 0) is 43.4 Å². The topological polar surface area (TPSA) is 65.4 Å². The number of likely N-dealkylation sites (N-methyl/N-ethyl adjacent to an activating group) is 1. The zero-order valence-electron chi connectivity index (χ0n) is 13.8. The van der Waals surface area contributed by atoms with Crippen LogP contribution in [0.4, 0.5) is 5.69 Å². The van der Waals surface area contributed by atoms with Crippen molar-refractivity contribution in [2.45, 2.75) is 6.54 Å². The monoisotopic (exact) mass is 377 g/mol. The summed E-state index contributed by atoms with van der Waals surface area (Å²) in [7, 11) is 3.39. The molecule has 0 bridgehead atoms. The molecule has 0 spiro atoms. The minimum absolute atomic E-state index is 0.132. The van der Waals surface area contributed by atoms with Crippen LogP contribution >= 0.6 is 23.2 Å². The first-order valence-electron chi connectivity index (χ1n) is 7.43. The molecular weight excluding hydrogens is 361 g/mol. The van der Waals surface area contributed by atoms with E-state index in [0.29, 0.717) is 33.6 Å². The number of anilines is 1. The van der Waals surface area contributed by atoms with E-state index in [1.165, 1.54) is 0 Å². The molecule has 0 aromatic heterocycles. The number of methoxy groups -OCH3 is 1. The Morgan fingerprint density at radius 1 is 1.24 bits per heavy atom. The molecule has 25 heavy (non-hydrogen) atoms. The van der Waals surface area contributed by atoms with Gasteiger partial charge in [0, 0.05) is 22.2 Å². The molecule has 1 N–H and O–H groups in total. The Bertz CT molecular complexity index is 818. The van der Waals surface area contributed by atoms with Crippen LogP contribution in [0, 0.1) is 11.3 Å². The molecule has 0 saturated heterocycles. The minimum Gasteiger partial charge on any atom is -0.496 e. The van der Waals surface area contributed by atoms with Crippen molar-refractivity contribution in [3.63, 3.8) is 0 Å². The number of nitrogens with one attached hydrogen (secondary N) is 1. The predicted octanol–water partition coefficient (Wildman–Crippen LogP) is 3.94. The number of amides is 1. The molecule has 0 atom stereocenters. The smallest absolute Gasteiger partial charge is 0.238 e. The SMILES string of the molecule is COc1ccc(Cl)cc1CN(C)CC(=O)Nc1cc(Cl)ccc1C#N. The molecule has 0 aliphatic carbocycles. The van der Waals surface area contributed by atoms with Gasteiger partial charge in [0.25, 0.3) is 0 Å². The van der Waals surface area contributed by atoms with E-state index in [9.17, 15) is 4.79 Å². The third-order valence-corrected chi connectivity index (χ3v) is 3.94. The minimum atomic E-state index is -0.248. The Labute approximate surface area is 156 Å². The standard InChI is InChI=1S/C18H17Cl2N3O2/c1-23(10-13-7-14(19)5-6-17(13)25-2)11-18(24)22-16-8-15(20)4-3-12(16)9-21/h3-8H,10-11H2,1-2H3,(H,22,24). The first-order valence-corrected chi connectivity index (χ1v) is 8.19. The van der Waals surface area contributed by atoms with Gasteiger partial charge >= 0.3 is 0 Å². The van der Waals surface area contributed by atoms with Gasteiger partial charge < -0.3 is 10.1 Å². The third-order valence-electron chi connectivity index (χ3n) is 3.47. The largest absolute Gasteiger partial charge is 0.496 e. The fourth-order valence-corrected chi connectivity index (χ4v) is 2.74. The summed E-state index contributed by atoms with van der Waals surface area (Å²) in [6.45, 7) is 0.616. The summed E-state index contributed by atoms with van der Waals surface area (Å²) in [5.41, 5.74) is 1.64. The first-order chi connectivity index (χ1) is 11.9. The molecule has 0 saturated carbocycles. The number of benzene rings is 2. The van der Waals surface area contributed by atoms with Crippen molar-refractivity contribution in [3.8, 4) is 11.8 Å². The number of carbonyl (C=O) groups excluding carboxylic acids is 1. The van der Waals surface area contributed by atoms with Crippen molar-refractivity contribution in [1.82, 2.24) is 4.90 Å². The molecule has 2 rings (SSSR count). The fourth-order valence-electron chi connectivity index (χ4n) is 2.37. The van der Waals surface area contributed by atoms with Crippen LogP contribution in [0.5, 0.6) is 5.75 Å². The maximum atomic E-state index is 12.3. The lowest BCUT2D eigenvalue weighted by atomic mass is 10.2. The molecule has 2 aromatic rings. The van der Waals surface area contributed by atoms with Crippen molar-refractivity contribution < 1.29 is 9.53 Å². The van der Waals surface area contributed by atoms with Crippen LogP contribution in [0.2, 0.25) is 10.0 Å². The molecule has 5 nitrogen and oxygen atoms in total. The van der Waals surface area contributed by atoms with Crippen molar-refractivity contribution in [1.29, 1.82) is 5.26 Å². The zero-order chi connectivity index (χ0) is 18.4. The van der Waals surface area contributed by atoms with Crippen LogP contribution in [0.15, 0.2) is 36.4 Å². The molecule has 0 heterocycles. The van der Waals surface area contributed by atoms with E-state index in [2.05, 4.69) is 5.32 Å². The summed E-state index contributed by atoms with van der Waals surface area (Å²) in [5, 5.41) is 12.9. The van der Waals surface area contributed by atoms with E-state index < -0.39 is 0 Å². The summed E-state index contributed by atoms with van der Waals surface area (Å²) in [6, 6.07) is 12.1. The van der Waals surface area contributed by atoms with E-state index in [1.807, 2.05) is 18.0 Å². The summed E-state index contributed by atoms with van der Waals surface area (Å²) in [6.07, 6.45) is 0. The Kier molecular flexibility index (Phi) is 6.65. The molecule has 130 valence electrons. The molecule has 0 fully saturated rings. The van der Waals surface area contributed by atoms with Crippen LogP contribution in [0.25, 0.3) is 0 Å². The van der Waals surface area contributed by atoms with Gasteiger partial charge in [-0.25, -0.2) is 0 Å². The quantitative estimate of drug-likeness (QED) is 0.827. The van der Waals surface area contributed by atoms with Gasteiger partial charge in [-0.1, -0.05) is 23.2 Å². The summed E-state index contributed by atoms with van der Waals surface area (Å²) in [5.74, 6) is 0.459. The summed E-state index contributed by atoms with van der Waals surface area (Å²) >= 11 is 11.9. The Balaban J connectivity index is 2.03. The van der Waals surface area contributed by atoms with Gasteiger partial charge in [-0.15, -0.1) is 0 Å². The van der Waals surface area contributed by atoms with Gasteiger partial charge in [-0.2, -0.15) is 5.26 Å². The number of ether oxygens (including phenoxy) is 1. The van der Waals surface area contributed by atoms with Crippen LogP contribution in [-0.2, 0) is 11.3 Å². The highest BCUT2D eigenvalue weighted by Crippen LogP contribution is 2.24. The second-order valence-corrected chi connectivity index (χ2v) is 6.35. The van der Waals surface area contributed by atoms with E-state index in [0.717, 1.165) is 5.56 Å². The molecule has 0 aliphatic heterocycles. The number of carbonyl (C=O) groups is 1. The molecule has 2 aromatic carbocycles. The molecule has 0 aliphatic rings. The van der Waals surface area contributed by atoms with Crippen LogP contribution in [0.1, 0.15) is 11.1 Å². The number of nitriles is 1. The number of hydrogen-bond acceptors (Lipinski definition) is 4. The van der Waals surface area contributed by atoms with Crippen LogP contribution in [-0.4, -0.2) is 31.5 Å². The lowest BCUT2D eigenvalue weighted by Crippen LogP contribution is -2.30. The highest BCUT2D eigenvalue weighted by atomic mass is 35.5. The fraction of sp³-hybridized carbons (Fsp3) is 0.222. The average molecular weight is 378 g/mol. The van der Waals surface area contributed by atoms with E-state index in [-0.39, 0.29) is 12.5 Å². The maximum absolute atomic E-state index is 12.3. The highest BCUT2D eigenvalue weighted by Gasteiger charge is 2.13. The van der Waals surface area contributed by atoms with Gasteiger partial charge in [-0.3, -0.25) is 9.69 Å². The van der Waals surface area contributed by atoms with E-state index in [1.54, 1.807) is 43.5 Å². The second kappa shape index (κ2) is 8.72. The number of rotatable bonds is 6. The number of hydrogen-bond donors (Lipinski definition) is 1. The average Bonchev–Trinajstić information content (AvgIpc) is 2.55. The zero-order valence-corrected chi connectivity index (χ0v) is 15.4. The van der Waals surface area contributed by atoms with Gasteiger partial charge in [0.05, 0.1) is 24.9 Å². The molecule has 7 heteroatoms. The first kappa shape index (κ1) is 19.1. The second-order valence-electron chi connectivity index (χ2n) is 5.48. The van der Waals surface area contributed by atoms with E-state index >= 15 is 0 Å². The summed E-state index contributed by atoms with van der Waals surface area (Å²) < 4.78 is 5.31. The lowest BCUT2D eigenvalue weighted by Gasteiger charge is -2.18. The van der Waals surface area contributed by atoms with Crippen molar-refractivity contribution in [2.75, 3.05) is 26.0 Å². The molecule has 1 amide bonds. The van der Waals surface area contributed by atoms with Gasteiger partial charge in [0.2, 0.25) is 5.91 Å². The summed E-state index contributed by atoms with van der Waals surface area (Å²) in [4.78, 5) is 14.1. The van der Waals surface area contributed by atoms with Crippen molar-refractivity contribution in [3.05, 3.63) is 57.6 Å². The third kappa shape index (κ3) is 5.36. The molecular formula is C18H17Cl2N3O2. The van der Waals surface area contributed by atoms with Crippen molar-refractivity contribution >= 4 is 34.8 Å². The maximum Gasteiger partial charge on any atom is 0.238 e. The van der Waals surface area contributed by atoms with Crippen molar-refractivity contribution in [2.24, 2.45) is 0 Å². The predicted molar refractivity (Wildman–Crippen MR) is 99.1 cm³/mol. The highest BCUT2D eigenvalue weighted by molar-refractivity contribution is 6.31. The Morgan fingerprint density at radius 2 is 1.92 bits per heavy atom. The van der Waals surface area contributed by atoms with Crippen LogP contribution in [0.3, 0.4) is 0 Å². The van der Waals surface area contributed by atoms with E-state index in [4.69, 9.17) is 33.2 Å². The Morgan fingerprint density at radius 3 is 2.60 bits per heavy atom. The number of nitrogens with zero attached hydrogens (tertiary/aromatic N) is 2. The number of halogens is 2. The Hall–Kier alpha value is -2.26. The van der Waals surface area contributed by atoms with Gasteiger partial charge in [0.15, 0.2) is 0 Å². The molecule has 0 unspecified atom stereocenters. The lowest BCUT2D eigenvalue weighted by molar-refractivity contribution is -0.117. The van der Waals surface area contributed by atoms with Gasteiger partial charge in [0.1, 0.15) is 11.8 Å².